The van der Waals surface area contributed by atoms with Crippen molar-refractivity contribution in [1.29, 1.82) is 0 Å². The van der Waals surface area contributed by atoms with Crippen LogP contribution >= 0.6 is 0 Å². The minimum atomic E-state index is 0.270. The number of aliphatic hydroxyl groups excluding tert-OH is 1. The lowest BCUT2D eigenvalue weighted by Crippen LogP contribution is -2.45. The van der Waals surface area contributed by atoms with Crippen molar-refractivity contribution >= 4 is 0 Å². The maximum atomic E-state index is 9.46. The third-order valence-corrected chi connectivity index (χ3v) is 3.55. The first-order valence-electron chi connectivity index (χ1n) is 6.05. The van der Waals surface area contributed by atoms with Gasteiger partial charge in [-0.2, -0.15) is 0 Å². The van der Waals surface area contributed by atoms with E-state index in [0.717, 1.165) is 13.1 Å². The monoisotopic (exact) mass is 220 g/mol. The number of nitrogens with zero attached hydrogens (tertiary/aromatic N) is 2. The molecule has 1 aliphatic heterocycles. The van der Waals surface area contributed by atoms with Gasteiger partial charge in [0.15, 0.2) is 0 Å². The molecule has 3 nitrogen and oxygen atoms in total. The van der Waals surface area contributed by atoms with Crippen LogP contribution in [-0.4, -0.2) is 34.2 Å². The highest BCUT2D eigenvalue weighted by molar-refractivity contribution is 5.09. The Bertz CT molecular complexity index is 315. The largest absolute Gasteiger partial charge is 0.395 e. The lowest BCUT2D eigenvalue weighted by Gasteiger charge is -2.39. The van der Waals surface area contributed by atoms with Crippen molar-refractivity contribution in [3.63, 3.8) is 0 Å². The summed E-state index contributed by atoms with van der Waals surface area (Å²) >= 11 is 0. The molecule has 0 bridgehead atoms. The zero-order chi connectivity index (χ0) is 11.4. The standard InChI is InChI=1S/C13H20N2O/c1-11-3-2-8-15(13(11)10-16)9-12-4-6-14-7-5-12/h4-7,11,13,16H,2-3,8-10H2,1H3. The zero-order valence-electron chi connectivity index (χ0n) is 9.84. The molecule has 0 spiro atoms. The summed E-state index contributed by atoms with van der Waals surface area (Å²) in [6, 6.07) is 4.42. The smallest absolute Gasteiger partial charge is 0.0589 e. The van der Waals surface area contributed by atoms with Gasteiger partial charge in [0.25, 0.3) is 0 Å². The van der Waals surface area contributed by atoms with Gasteiger partial charge in [0.2, 0.25) is 0 Å². The van der Waals surface area contributed by atoms with Gasteiger partial charge < -0.3 is 5.11 Å². The fourth-order valence-electron chi connectivity index (χ4n) is 2.55. The summed E-state index contributed by atoms with van der Waals surface area (Å²) in [5.74, 6) is 0.598. The molecule has 16 heavy (non-hydrogen) atoms. The van der Waals surface area contributed by atoms with Crippen molar-refractivity contribution < 1.29 is 5.11 Å². The number of pyridine rings is 1. The SMILES string of the molecule is CC1CCCN(Cc2ccncc2)C1CO. The summed E-state index contributed by atoms with van der Waals surface area (Å²) in [6.07, 6.45) is 6.13. The average Bonchev–Trinajstić information content (AvgIpc) is 2.31. The molecule has 2 atom stereocenters. The van der Waals surface area contributed by atoms with E-state index in [2.05, 4.69) is 16.8 Å². The first-order chi connectivity index (χ1) is 7.81. The summed E-state index contributed by atoms with van der Waals surface area (Å²) < 4.78 is 0. The highest BCUT2D eigenvalue weighted by Gasteiger charge is 2.27. The van der Waals surface area contributed by atoms with Crippen LogP contribution in [0, 0.1) is 5.92 Å². The van der Waals surface area contributed by atoms with E-state index < -0.39 is 0 Å². The van der Waals surface area contributed by atoms with Gasteiger partial charge in [0, 0.05) is 25.0 Å². The number of hydrogen-bond acceptors (Lipinski definition) is 3. The molecule has 2 unspecified atom stereocenters. The van der Waals surface area contributed by atoms with Gasteiger partial charge in [0.1, 0.15) is 0 Å². The van der Waals surface area contributed by atoms with Crippen LogP contribution in [0.5, 0.6) is 0 Å². The maximum absolute atomic E-state index is 9.46. The topological polar surface area (TPSA) is 36.4 Å². The fourth-order valence-corrected chi connectivity index (χ4v) is 2.55. The normalized spacial score (nSPS) is 26.9. The number of likely N-dealkylation sites (tertiary alicyclic amines) is 1. The minimum Gasteiger partial charge on any atom is -0.395 e. The molecule has 0 aromatic carbocycles. The molecule has 1 fully saturated rings. The maximum Gasteiger partial charge on any atom is 0.0589 e. The Morgan fingerprint density at radius 1 is 1.44 bits per heavy atom. The molecule has 2 heterocycles. The van der Waals surface area contributed by atoms with Gasteiger partial charge in [0.05, 0.1) is 6.61 Å². The van der Waals surface area contributed by atoms with E-state index in [9.17, 15) is 5.11 Å². The van der Waals surface area contributed by atoms with E-state index in [1.165, 1.54) is 18.4 Å². The second kappa shape index (κ2) is 5.41. The van der Waals surface area contributed by atoms with Crippen LogP contribution in [0.25, 0.3) is 0 Å². The molecule has 0 amide bonds. The highest BCUT2D eigenvalue weighted by Crippen LogP contribution is 2.24. The predicted octanol–water partition coefficient (Wildman–Crippen LogP) is 1.67. The molecule has 1 N–H and O–H groups in total. The Morgan fingerprint density at radius 3 is 2.88 bits per heavy atom. The van der Waals surface area contributed by atoms with E-state index in [4.69, 9.17) is 0 Å². The summed E-state index contributed by atoms with van der Waals surface area (Å²) in [4.78, 5) is 6.42. The van der Waals surface area contributed by atoms with Crippen LogP contribution in [0.3, 0.4) is 0 Å². The zero-order valence-corrected chi connectivity index (χ0v) is 9.84. The molecule has 2 rings (SSSR count). The number of piperidine rings is 1. The van der Waals surface area contributed by atoms with Gasteiger partial charge in [-0.25, -0.2) is 0 Å². The third-order valence-electron chi connectivity index (χ3n) is 3.55. The second-order valence-electron chi connectivity index (χ2n) is 4.70. The highest BCUT2D eigenvalue weighted by atomic mass is 16.3. The van der Waals surface area contributed by atoms with Crippen molar-refractivity contribution in [3.05, 3.63) is 30.1 Å². The van der Waals surface area contributed by atoms with E-state index >= 15 is 0 Å². The van der Waals surface area contributed by atoms with Crippen molar-refractivity contribution in [1.82, 2.24) is 9.88 Å². The Labute approximate surface area is 97.1 Å². The third kappa shape index (κ3) is 2.60. The molecule has 1 aliphatic rings. The number of hydrogen-bond donors (Lipinski definition) is 1. The number of aromatic nitrogens is 1. The average molecular weight is 220 g/mol. The van der Waals surface area contributed by atoms with Crippen LogP contribution < -0.4 is 0 Å². The minimum absolute atomic E-state index is 0.270. The Morgan fingerprint density at radius 2 is 2.19 bits per heavy atom. The molecule has 88 valence electrons. The van der Waals surface area contributed by atoms with E-state index in [0.29, 0.717) is 12.0 Å². The molecule has 0 saturated carbocycles. The Hall–Kier alpha value is -0.930. The van der Waals surface area contributed by atoms with Gasteiger partial charge in [-0.1, -0.05) is 6.92 Å². The van der Waals surface area contributed by atoms with E-state index in [1.807, 2.05) is 24.5 Å². The van der Waals surface area contributed by atoms with Crippen molar-refractivity contribution in [3.8, 4) is 0 Å². The quantitative estimate of drug-likeness (QED) is 0.842. The van der Waals surface area contributed by atoms with Crippen LogP contribution in [-0.2, 0) is 6.54 Å². The summed E-state index contributed by atoms with van der Waals surface area (Å²) in [5, 5.41) is 9.46. The Kier molecular flexibility index (Phi) is 3.91. The molecule has 3 heteroatoms. The first kappa shape index (κ1) is 11.6. The second-order valence-corrected chi connectivity index (χ2v) is 4.70. The molecule has 1 aromatic rings. The molecule has 1 aromatic heterocycles. The van der Waals surface area contributed by atoms with Crippen LogP contribution in [0.1, 0.15) is 25.3 Å². The number of rotatable bonds is 3. The van der Waals surface area contributed by atoms with Crippen LogP contribution in [0.15, 0.2) is 24.5 Å². The number of aliphatic hydroxyl groups is 1. The predicted molar refractivity (Wildman–Crippen MR) is 63.9 cm³/mol. The Balaban J connectivity index is 2.02. The van der Waals surface area contributed by atoms with Crippen molar-refractivity contribution in [2.24, 2.45) is 5.92 Å². The van der Waals surface area contributed by atoms with Crippen LogP contribution in [0.2, 0.25) is 0 Å². The first-order valence-corrected chi connectivity index (χ1v) is 6.05. The molecule has 0 radical (unpaired) electrons. The molecule has 0 aliphatic carbocycles. The fraction of sp³-hybridized carbons (Fsp3) is 0.615. The van der Waals surface area contributed by atoms with Crippen molar-refractivity contribution in [2.45, 2.75) is 32.4 Å². The molecular weight excluding hydrogens is 200 g/mol. The lowest BCUT2D eigenvalue weighted by molar-refractivity contribution is 0.0472. The summed E-state index contributed by atoms with van der Waals surface area (Å²) in [6.45, 7) is 4.53. The van der Waals surface area contributed by atoms with E-state index in [-0.39, 0.29) is 6.61 Å². The molecular formula is C13H20N2O. The van der Waals surface area contributed by atoms with Gasteiger partial charge in [-0.05, 0) is 43.0 Å². The summed E-state index contributed by atoms with van der Waals surface area (Å²) in [5.41, 5.74) is 1.28. The van der Waals surface area contributed by atoms with Crippen LogP contribution in [0.4, 0.5) is 0 Å². The van der Waals surface area contributed by atoms with Crippen molar-refractivity contribution in [2.75, 3.05) is 13.2 Å². The lowest BCUT2D eigenvalue weighted by atomic mass is 9.91. The van der Waals surface area contributed by atoms with Gasteiger partial charge in [-0.15, -0.1) is 0 Å². The van der Waals surface area contributed by atoms with Gasteiger partial charge >= 0.3 is 0 Å². The van der Waals surface area contributed by atoms with E-state index in [1.54, 1.807) is 0 Å². The summed E-state index contributed by atoms with van der Waals surface area (Å²) in [7, 11) is 0. The van der Waals surface area contributed by atoms with Gasteiger partial charge in [-0.3, -0.25) is 9.88 Å². The molecule has 1 saturated heterocycles.